The molecule has 1 saturated carbocycles. The zero-order chi connectivity index (χ0) is 13.5. The van der Waals surface area contributed by atoms with E-state index >= 15 is 0 Å². The molecule has 1 aromatic carbocycles. The van der Waals surface area contributed by atoms with E-state index in [0.29, 0.717) is 0 Å². The average molecular weight is 264 g/mol. The SMILES string of the molecule is NNC(Cc1cccc(F)c1)CC1CCCCCC1. The van der Waals surface area contributed by atoms with Crippen LogP contribution in [0.25, 0.3) is 0 Å². The fraction of sp³-hybridized carbons (Fsp3) is 0.625. The zero-order valence-electron chi connectivity index (χ0n) is 11.6. The molecule has 0 amide bonds. The molecule has 1 unspecified atom stereocenters. The van der Waals surface area contributed by atoms with Gasteiger partial charge in [-0.3, -0.25) is 11.3 Å². The Kier molecular flexibility index (Phi) is 5.80. The van der Waals surface area contributed by atoms with Gasteiger partial charge < -0.3 is 0 Å². The molecular weight excluding hydrogens is 239 g/mol. The van der Waals surface area contributed by atoms with Crippen molar-refractivity contribution < 1.29 is 4.39 Å². The van der Waals surface area contributed by atoms with Crippen molar-refractivity contribution in [2.45, 2.75) is 57.4 Å². The number of halogens is 1. The van der Waals surface area contributed by atoms with Gasteiger partial charge in [-0.1, -0.05) is 50.7 Å². The summed E-state index contributed by atoms with van der Waals surface area (Å²) in [5, 5.41) is 0. The molecule has 0 bridgehead atoms. The fourth-order valence-electron chi connectivity index (χ4n) is 3.16. The van der Waals surface area contributed by atoms with E-state index in [4.69, 9.17) is 5.84 Å². The highest BCUT2D eigenvalue weighted by molar-refractivity contribution is 5.17. The molecule has 1 atom stereocenters. The van der Waals surface area contributed by atoms with Crippen LogP contribution in [-0.4, -0.2) is 6.04 Å². The van der Waals surface area contributed by atoms with Crippen molar-refractivity contribution in [2.75, 3.05) is 0 Å². The highest BCUT2D eigenvalue weighted by Gasteiger charge is 2.17. The lowest BCUT2D eigenvalue weighted by Gasteiger charge is -2.22. The minimum absolute atomic E-state index is 0.164. The first-order chi connectivity index (χ1) is 9.28. The molecule has 0 spiro atoms. The van der Waals surface area contributed by atoms with Crippen molar-refractivity contribution in [1.82, 2.24) is 5.43 Å². The number of nitrogens with one attached hydrogen (secondary N) is 1. The standard InChI is InChI=1S/C16H25FN2/c17-15-9-5-8-14(10-15)12-16(19-18)11-13-6-3-1-2-4-7-13/h5,8-10,13,16,19H,1-4,6-7,11-12,18H2. The molecule has 1 fully saturated rings. The highest BCUT2D eigenvalue weighted by atomic mass is 19.1. The summed E-state index contributed by atoms with van der Waals surface area (Å²) in [4.78, 5) is 0. The van der Waals surface area contributed by atoms with Gasteiger partial charge in [0, 0.05) is 6.04 Å². The van der Waals surface area contributed by atoms with E-state index in [1.807, 2.05) is 6.07 Å². The Labute approximate surface area is 115 Å². The van der Waals surface area contributed by atoms with Gasteiger partial charge in [0.25, 0.3) is 0 Å². The Morgan fingerprint density at radius 1 is 1.21 bits per heavy atom. The molecule has 0 heterocycles. The second-order valence-electron chi connectivity index (χ2n) is 5.79. The van der Waals surface area contributed by atoms with Crippen molar-refractivity contribution in [3.8, 4) is 0 Å². The zero-order valence-corrected chi connectivity index (χ0v) is 11.6. The van der Waals surface area contributed by atoms with E-state index < -0.39 is 0 Å². The minimum Gasteiger partial charge on any atom is -0.271 e. The number of rotatable bonds is 5. The van der Waals surface area contributed by atoms with E-state index in [0.717, 1.165) is 24.3 Å². The maximum Gasteiger partial charge on any atom is 0.123 e. The normalized spacial score (nSPS) is 19.1. The van der Waals surface area contributed by atoms with Gasteiger partial charge in [-0.25, -0.2) is 4.39 Å². The molecule has 3 heteroatoms. The van der Waals surface area contributed by atoms with Gasteiger partial charge in [0.2, 0.25) is 0 Å². The molecular formula is C16H25FN2. The Bertz CT molecular complexity index is 373. The topological polar surface area (TPSA) is 38.0 Å². The van der Waals surface area contributed by atoms with Gasteiger partial charge in [-0.2, -0.15) is 0 Å². The lowest BCUT2D eigenvalue weighted by molar-refractivity contribution is 0.352. The lowest BCUT2D eigenvalue weighted by atomic mass is 9.90. The molecule has 106 valence electrons. The van der Waals surface area contributed by atoms with Gasteiger partial charge in [-0.05, 0) is 36.5 Å². The lowest BCUT2D eigenvalue weighted by Crippen LogP contribution is -2.38. The third-order valence-electron chi connectivity index (χ3n) is 4.20. The van der Waals surface area contributed by atoms with Crippen LogP contribution in [0.1, 0.15) is 50.5 Å². The molecule has 0 radical (unpaired) electrons. The summed E-state index contributed by atoms with van der Waals surface area (Å²) in [5.74, 6) is 6.28. The molecule has 2 rings (SSSR count). The van der Waals surface area contributed by atoms with Crippen LogP contribution in [0, 0.1) is 11.7 Å². The summed E-state index contributed by atoms with van der Waals surface area (Å²) < 4.78 is 13.2. The van der Waals surface area contributed by atoms with Gasteiger partial charge in [0.15, 0.2) is 0 Å². The molecule has 1 aromatic rings. The average Bonchev–Trinajstić information content (AvgIpc) is 2.66. The molecule has 0 aromatic heterocycles. The molecule has 0 saturated heterocycles. The van der Waals surface area contributed by atoms with Crippen LogP contribution in [0.3, 0.4) is 0 Å². The third-order valence-corrected chi connectivity index (χ3v) is 4.20. The number of hydrogen-bond acceptors (Lipinski definition) is 2. The van der Waals surface area contributed by atoms with E-state index in [1.54, 1.807) is 12.1 Å². The first-order valence-corrected chi connectivity index (χ1v) is 7.48. The number of hydrazine groups is 1. The summed E-state index contributed by atoms with van der Waals surface area (Å²) in [6.45, 7) is 0. The fourth-order valence-corrected chi connectivity index (χ4v) is 3.16. The molecule has 0 aliphatic heterocycles. The van der Waals surface area contributed by atoms with Crippen LogP contribution in [-0.2, 0) is 6.42 Å². The maximum atomic E-state index is 13.2. The minimum atomic E-state index is -0.164. The molecule has 1 aliphatic carbocycles. The van der Waals surface area contributed by atoms with Crippen LogP contribution in [0.4, 0.5) is 4.39 Å². The Hall–Kier alpha value is -0.930. The predicted molar refractivity (Wildman–Crippen MR) is 77.0 cm³/mol. The first-order valence-electron chi connectivity index (χ1n) is 7.48. The first kappa shape index (κ1) is 14.5. The molecule has 2 nitrogen and oxygen atoms in total. The Balaban J connectivity index is 1.88. The largest absolute Gasteiger partial charge is 0.271 e. The summed E-state index contributed by atoms with van der Waals surface area (Å²) in [5.41, 5.74) is 3.94. The van der Waals surface area contributed by atoms with Gasteiger partial charge in [0.05, 0.1) is 0 Å². The highest BCUT2D eigenvalue weighted by Crippen LogP contribution is 2.27. The third kappa shape index (κ3) is 4.92. The summed E-state index contributed by atoms with van der Waals surface area (Å²) in [7, 11) is 0. The van der Waals surface area contributed by atoms with E-state index in [9.17, 15) is 4.39 Å². The van der Waals surface area contributed by atoms with E-state index in [1.165, 1.54) is 44.6 Å². The number of benzene rings is 1. The van der Waals surface area contributed by atoms with Crippen molar-refractivity contribution in [3.63, 3.8) is 0 Å². The van der Waals surface area contributed by atoms with Gasteiger partial charge >= 0.3 is 0 Å². The van der Waals surface area contributed by atoms with Crippen molar-refractivity contribution in [3.05, 3.63) is 35.6 Å². The Morgan fingerprint density at radius 3 is 2.58 bits per heavy atom. The van der Waals surface area contributed by atoms with E-state index in [2.05, 4.69) is 5.43 Å². The number of nitrogens with two attached hydrogens (primary N) is 1. The van der Waals surface area contributed by atoms with Crippen LogP contribution in [0.2, 0.25) is 0 Å². The van der Waals surface area contributed by atoms with Crippen LogP contribution in [0.5, 0.6) is 0 Å². The Morgan fingerprint density at radius 2 is 1.95 bits per heavy atom. The predicted octanol–water partition coefficient (Wildman–Crippen LogP) is 3.56. The quantitative estimate of drug-likeness (QED) is 0.485. The van der Waals surface area contributed by atoms with Crippen LogP contribution >= 0.6 is 0 Å². The van der Waals surface area contributed by atoms with Gasteiger partial charge in [0.1, 0.15) is 5.82 Å². The summed E-state index contributed by atoms with van der Waals surface area (Å²) in [6.07, 6.45) is 10.0. The smallest absolute Gasteiger partial charge is 0.123 e. The molecule has 19 heavy (non-hydrogen) atoms. The van der Waals surface area contributed by atoms with Crippen molar-refractivity contribution in [1.29, 1.82) is 0 Å². The monoisotopic (exact) mass is 264 g/mol. The summed E-state index contributed by atoms with van der Waals surface area (Å²) in [6, 6.07) is 7.09. The molecule has 3 N–H and O–H groups in total. The van der Waals surface area contributed by atoms with Crippen LogP contribution in [0.15, 0.2) is 24.3 Å². The summed E-state index contributed by atoms with van der Waals surface area (Å²) >= 11 is 0. The van der Waals surface area contributed by atoms with Crippen LogP contribution < -0.4 is 11.3 Å². The van der Waals surface area contributed by atoms with E-state index in [-0.39, 0.29) is 11.9 Å². The van der Waals surface area contributed by atoms with Crippen molar-refractivity contribution >= 4 is 0 Å². The molecule has 1 aliphatic rings. The maximum absolute atomic E-state index is 13.2. The second-order valence-corrected chi connectivity index (χ2v) is 5.79. The van der Waals surface area contributed by atoms with Crippen molar-refractivity contribution in [2.24, 2.45) is 11.8 Å². The number of hydrogen-bond donors (Lipinski definition) is 2. The second kappa shape index (κ2) is 7.61. The van der Waals surface area contributed by atoms with Gasteiger partial charge in [-0.15, -0.1) is 0 Å².